The Morgan fingerprint density at radius 2 is 1.67 bits per heavy atom. The Bertz CT molecular complexity index is 210. The number of rotatable bonds is 9. The maximum Gasteiger partial charge on any atom is 0.0803 e. The fourth-order valence-corrected chi connectivity index (χ4v) is 2.30. The van der Waals surface area contributed by atoms with Gasteiger partial charge in [0, 0.05) is 12.6 Å². The number of nitrogens with one attached hydrogen (secondary N) is 1. The molecule has 0 aromatic rings. The molecule has 0 spiro atoms. The summed E-state index contributed by atoms with van der Waals surface area (Å²) in [4.78, 5) is 0. The summed E-state index contributed by atoms with van der Waals surface area (Å²) in [5.41, 5.74) is 0.363. The molecule has 2 atom stereocenters. The van der Waals surface area contributed by atoms with Gasteiger partial charge in [-0.05, 0) is 51.5 Å². The van der Waals surface area contributed by atoms with Gasteiger partial charge in [0.05, 0.1) is 5.60 Å². The summed E-state index contributed by atoms with van der Waals surface area (Å²) in [7, 11) is 0. The van der Waals surface area contributed by atoms with Crippen LogP contribution in [-0.2, 0) is 4.74 Å². The molecule has 110 valence electrons. The van der Waals surface area contributed by atoms with E-state index in [1.165, 1.54) is 19.3 Å². The van der Waals surface area contributed by atoms with Gasteiger partial charge in [-0.15, -0.1) is 0 Å². The fraction of sp³-hybridized carbons (Fsp3) is 1.00. The van der Waals surface area contributed by atoms with Crippen molar-refractivity contribution in [2.45, 2.75) is 85.8 Å². The van der Waals surface area contributed by atoms with Crippen LogP contribution >= 0.6 is 0 Å². The van der Waals surface area contributed by atoms with Gasteiger partial charge in [-0.25, -0.2) is 0 Å². The van der Waals surface area contributed by atoms with Gasteiger partial charge in [0.2, 0.25) is 0 Å². The van der Waals surface area contributed by atoms with E-state index in [0.717, 1.165) is 19.6 Å². The molecule has 0 aliphatic carbocycles. The first-order valence-corrected chi connectivity index (χ1v) is 7.66. The highest BCUT2D eigenvalue weighted by Crippen LogP contribution is 2.28. The summed E-state index contributed by atoms with van der Waals surface area (Å²) < 4.78 is 6.04. The molecule has 0 bridgehead atoms. The summed E-state index contributed by atoms with van der Waals surface area (Å²) in [6.07, 6.45) is 4.66. The molecule has 2 unspecified atom stereocenters. The first-order valence-electron chi connectivity index (χ1n) is 7.66. The zero-order chi connectivity index (χ0) is 14.2. The minimum absolute atomic E-state index is 0.0326. The molecule has 0 radical (unpaired) electrons. The third kappa shape index (κ3) is 6.75. The van der Waals surface area contributed by atoms with Crippen LogP contribution in [0.1, 0.15) is 74.1 Å². The van der Waals surface area contributed by atoms with Gasteiger partial charge in [-0.2, -0.15) is 0 Å². The van der Waals surface area contributed by atoms with Crippen LogP contribution in [0.4, 0.5) is 0 Å². The standard InChI is InChI=1S/C16H35NO/c1-8-13-17-14(11-12-15(4,5)6)16(7,9-2)18-10-3/h14,17H,8-13H2,1-7H3. The van der Waals surface area contributed by atoms with Crippen LogP contribution in [0.3, 0.4) is 0 Å². The SMILES string of the molecule is CCCNC(CCC(C)(C)C)C(C)(CC)OCC. The van der Waals surface area contributed by atoms with E-state index < -0.39 is 0 Å². The molecule has 0 saturated heterocycles. The second-order valence-electron chi connectivity index (χ2n) is 6.71. The highest BCUT2D eigenvalue weighted by Gasteiger charge is 2.33. The van der Waals surface area contributed by atoms with E-state index in [4.69, 9.17) is 4.74 Å². The van der Waals surface area contributed by atoms with Crippen LogP contribution in [-0.4, -0.2) is 24.8 Å². The Balaban J connectivity index is 4.62. The first kappa shape index (κ1) is 17.9. The van der Waals surface area contributed by atoms with Crippen molar-refractivity contribution in [2.75, 3.05) is 13.2 Å². The first-order chi connectivity index (χ1) is 8.29. The molecule has 2 nitrogen and oxygen atoms in total. The van der Waals surface area contributed by atoms with Crippen LogP contribution in [0.25, 0.3) is 0 Å². The minimum Gasteiger partial charge on any atom is -0.374 e. The van der Waals surface area contributed by atoms with Crippen molar-refractivity contribution < 1.29 is 4.74 Å². The Hall–Kier alpha value is -0.0800. The van der Waals surface area contributed by atoms with Crippen molar-refractivity contribution in [1.29, 1.82) is 0 Å². The van der Waals surface area contributed by atoms with E-state index in [-0.39, 0.29) is 5.60 Å². The van der Waals surface area contributed by atoms with Crippen LogP contribution in [0.15, 0.2) is 0 Å². The molecule has 1 N–H and O–H groups in total. The van der Waals surface area contributed by atoms with Crippen molar-refractivity contribution >= 4 is 0 Å². The average molecular weight is 257 g/mol. The molecule has 0 amide bonds. The summed E-state index contributed by atoms with van der Waals surface area (Å²) in [5.74, 6) is 0. The zero-order valence-electron chi connectivity index (χ0n) is 13.7. The van der Waals surface area contributed by atoms with E-state index in [2.05, 4.69) is 53.8 Å². The molecule has 0 rings (SSSR count). The van der Waals surface area contributed by atoms with Crippen molar-refractivity contribution in [3.63, 3.8) is 0 Å². The van der Waals surface area contributed by atoms with Crippen molar-refractivity contribution in [3.05, 3.63) is 0 Å². The third-order valence-corrected chi connectivity index (χ3v) is 3.74. The topological polar surface area (TPSA) is 21.3 Å². The number of hydrogen-bond acceptors (Lipinski definition) is 2. The lowest BCUT2D eigenvalue weighted by molar-refractivity contribution is -0.0587. The summed E-state index contributed by atoms with van der Waals surface area (Å²) in [5, 5.41) is 3.69. The van der Waals surface area contributed by atoms with E-state index >= 15 is 0 Å². The lowest BCUT2D eigenvalue weighted by Gasteiger charge is -2.38. The lowest BCUT2D eigenvalue weighted by atomic mass is 9.83. The number of hydrogen-bond donors (Lipinski definition) is 1. The van der Waals surface area contributed by atoms with E-state index in [1.54, 1.807) is 0 Å². The molecular weight excluding hydrogens is 222 g/mol. The van der Waals surface area contributed by atoms with E-state index in [0.29, 0.717) is 11.5 Å². The normalized spacial score (nSPS) is 17.5. The summed E-state index contributed by atoms with van der Waals surface area (Å²) >= 11 is 0. The van der Waals surface area contributed by atoms with Crippen LogP contribution in [0, 0.1) is 5.41 Å². The van der Waals surface area contributed by atoms with Crippen LogP contribution in [0.5, 0.6) is 0 Å². The molecule has 0 aliphatic rings. The highest BCUT2D eigenvalue weighted by atomic mass is 16.5. The molecule has 0 saturated carbocycles. The molecule has 0 heterocycles. The smallest absolute Gasteiger partial charge is 0.0803 e. The molecule has 2 heteroatoms. The Morgan fingerprint density at radius 3 is 2.06 bits per heavy atom. The molecular formula is C16H35NO. The summed E-state index contributed by atoms with van der Waals surface area (Å²) in [6.45, 7) is 17.6. The molecule has 0 aliphatic heterocycles. The minimum atomic E-state index is -0.0326. The lowest BCUT2D eigenvalue weighted by Crippen LogP contribution is -2.51. The quantitative estimate of drug-likeness (QED) is 0.661. The Kier molecular flexibility index (Phi) is 8.13. The van der Waals surface area contributed by atoms with Gasteiger partial charge in [-0.3, -0.25) is 0 Å². The second kappa shape index (κ2) is 8.16. The maximum absolute atomic E-state index is 6.04. The Labute approximate surface area is 115 Å². The molecule has 18 heavy (non-hydrogen) atoms. The largest absolute Gasteiger partial charge is 0.374 e. The molecule has 0 aromatic heterocycles. The third-order valence-electron chi connectivity index (χ3n) is 3.74. The predicted octanol–water partition coefficient (Wildman–Crippen LogP) is 4.39. The van der Waals surface area contributed by atoms with Gasteiger partial charge >= 0.3 is 0 Å². The van der Waals surface area contributed by atoms with Gasteiger partial charge in [-0.1, -0.05) is 34.6 Å². The highest BCUT2D eigenvalue weighted by molar-refractivity contribution is 4.89. The van der Waals surface area contributed by atoms with Gasteiger partial charge in [0.1, 0.15) is 0 Å². The average Bonchev–Trinajstić information content (AvgIpc) is 2.27. The van der Waals surface area contributed by atoms with Gasteiger partial charge in [0.15, 0.2) is 0 Å². The fourth-order valence-electron chi connectivity index (χ4n) is 2.30. The second-order valence-corrected chi connectivity index (χ2v) is 6.71. The number of ether oxygens (including phenoxy) is 1. The summed E-state index contributed by atoms with van der Waals surface area (Å²) in [6, 6.07) is 0.460. The van der Waals surface area contributed by atoms with Crippen molar-refractivity contribution in [2.24, 2.45) is 5.41 Å². The Morgan fingerprint density at radius 1 is 1.06 bits per heavy atom. The maximum atomic E-state index is 6.04. The van der Waals surface area contributed by atoms with Crippen molar-refractivity contribution in [1.82, 2.24) is 5.32 Å². The van der Waals surface area contributed by atoms with E-state index in [1.807, 2.05) is 0 Å². The monoisotopic (exact) mass is 257 g/mol. The zero-order valence-corrected chi connectivity index (χ0v) is 13.7. The van der Waals surface area contributed by atoms with Gasteiger partial charge in [0.25, 0.3) is 0 Å². The van der Waals surface area contributed by atoms with Crippen LogP contribution in [0.2, 0.25) is 0 Å². The van der Waals surface area contributed by atoms with Crippen molar-refractivity contribution in [3.8, 4) is 0 Å². The van der Waals surface area contributed by atoms with Gasteiger partial charge < -0.3 is 10.1 Å². The predicted molar refractivity (Wildman–Crippen MR) is 81.1 cm³/mol. The van der Waals surface area contributed by atoms with E-state index in [9.17, 15) is 0 Å². The molecule has 0 fully saturated rings. The van der Waals surface area contributed by atoms with Crippen LogP contribution < -0.4 is 5.32 Å². The molecule has 0 aromatic carbocycles.